The van der Waals surface area contributed by atoms with Crippen molar-refractivity contribution in [3.05, 3.63) is 70.8 Å². The summed E-state index contributed by atoms with van der Waals surface area (Å²) in [6.45, 7) is 6.24. The topological polar surface area (TPSA) is 43.4 Å². The Morgan fingerprint density at radius 2 is 1.62 bits per heavy atom. The number of carbonyl (C=O) groups excluding carboxylic acids is 2. The summed E-state index contributed by atoms with van der Waals surface area (Å²) in [5, 5.41) is 0. The summed E-state index contributed by atoms with van der Waals surface area (Å²) in [5.41, 5.74) is 2.60. The maximum atomic E-state index is 12.7. The molecule has 1 aliphatic heterocycles. The number of ketones is 2. The Bertz CT molecular complexity index is 938. The minimum atomic E-state index is -0.413. The van der Waals surface area contributed by atoms with Gasteiger partial charge in [-0.15, -0.1) is 0 Å². The normalized spacial score (nSPS) is 21.1. The van der Waals surface area contributed by atoms with Gasteiger partial charge >= 0.3 is 159 Å². The van der Waals surface area contributed by atoms with E-state index in [1.54, 1.807) is 12.1 Å². The third kappa shape index (κ3) is 2.84. The third-order valence-corrected chi connectivity index (χ3v) is 8.28. The molecule has 1 aliphatic carbocycles. The van der Waals surface area contributed by atoms with Gasteiger partial charge in [-0.1, -0.05) is 0 Å². The van der Waals surface area contributed by atoms with E-state index in [4.69, 9.17) is 4.74 Å². The van der Waals surface area contributed by atoms with Crippen molar-refractivity contribution in [3.8, 4) is 0 Å². The van der Waals surface area contributed by atoms with Gasteiger partial charge in [0.25, 0.3) is 0 Å². The molecule has 0 N–H and O–H groups in total. The molecule has 132 valence electrons. The van der Waals surface area contributed by atoms with Crippen molar-refractivity contribution in [1.29, 1.82) is 0 Å². The standard InChI is InChI=1S/C22H20O3Se/c1-13-8-10-14(11-9-13)26-18-12-17-20(24)19(23)15-6-4-5-7-16(15)21(17)25-22(18,2)3/h4-11,18H,12H2,1-3H3. The fraction of sp³-hybridized carbons (Fsp3) is 0.273. The van der Waals surface area contributed by atoms with E-state index in [0.29, 0.717) is 23.3 Å². The van der Waals surface area contributed by atoms with Crippen molar-refractivity contribution < 1.29 is 14.3 Å². The molecule has 4 heteroatoms. The van der Waals surface area contributed by atoms with Crippen LogP contribution in [0.3, 0.4) is 0 Å². The first-order chi connectivity index (χ1) is 12.4. The average Bonchev–Trinajstić information content (AvgIpc) is 2.62. The van der Waals surface area contributed by atoms with E-state index < -0.39 is 17.2 Å². The first-order valence-electron chi connectivity index (χ1n) is 8.71. The van der Waals surface area contributed by atoms with Crippen LogP contribution in [0, 0.1) is 6.92 Å². The summed E-state index contributed by atoms with van der Waals surface area (Å²) in [7, 11) is 0. The van der Waals surface area contributed by atoms with Gasteiger partial charge in [0.1, 0.15) is 0 Å². The number of ether oxygens (including phenoxy) is 1. The van der Waals surface area contributed by atoms with Crippen molar-refractivity contribution in [2.24, 2.45) is 0 Å². The Kier molecular flexibility index (Phi) is 4.13. The van der Waals surface area contributed by atoms with E-state index in [9.17, 15) is 9.59 Å². The van der Waals surface area contributed by atoms with E-state index in [1.807, 2.05) is 12.1 Å². The van der Waals surface area contributed by atoms with Crippen molar-refractivity contribution >= 4 is 36.7 Å². The predicted molar refractivity (Wildman–Crippen MR) is 103 cm³/mol. The van der Waals surface area contributed by atoms with E-state index in [-0.39, 0.29) is 19.8 Å². The number of aryl methyl sites for hydroxylation is 1. The fourth-order valence-electron chi connectivity index (χ4n) is 3.43. The second-order valence-electron chi connectivity index (χ2n) is 7.34. The molecule has 1 atom stereocenters. The number of Topliss-reactive ketones (excluding diaryl/α,β-unsaturated/α-hetero) is 2. The van der Waals surface area contributed by atoms with E-state index in [1.165, 1.54) is 10.0 Å². The summed E-state index contributed by atoms with van der Waals surface area (Å²) in [6, 6.07) is 15.8. The summed E-state index contributed by atoms with van der Waals surface area (Å²) >= 11 is 0.149. The summed E-state index contributed by atoms with van der Waals surface area (Å²) in [5.74, 6) is -0.214. The molecule has 0 saturated heterocycles. The molecule has 0 bridgehead atoms. The molecule has 2 aromatic rings. The molecule has 2 aliphatic rings. The first kappa shape index (κ1) is 17.3. The Labute approximate surface area is 159 Å². The van der Waals surface area contributed by atoms with Crippen molar-refractivity contribution in [2.45, 2.75) is 37.6 Å². The van der Waals surface area contributed by atoms with Crippen LogP contribution in [-0.2, 0) is 9.53 Å². The zero-order chi connectivity index (χ0) is 18.5. The summed E-state index contributed by atoms with van der Waals surface area (Å²) in [4.78, 5) is 25.4. The molecule has 26 heavy (non-hydrogen) atoms. The molecule has 3 nitrogen and oxygen atoms in total. The molecule has 0 fully saturated rings. The van der Waals surface area contributed by atoms with Crippen LogP contribution in [0.1, 0.15) is 41.8 Å². The average molecular weight is 411 g/mol. The molecular formula is C22H20O3Se. The van der Waals surface area contributed by atoms with Gasteiger partial charge in [-0.3, -0.25) is 0 Å². The summed E-state index contributed by atoms with van der Waals surface area (Å²) < 4.78 is 7.63. The SMILES string of the molecule is Cc1ccc([Se]C2CC3=C(OC2(C)C)c2ccccc2C(=O)C3=O)cc1. The van der Waals surface area contributed by atoms with Gasteiger partial charge in [0.15, 0.2) is 0 Å². The van der Waals surface area contributed by atoms with Crippen molar-refractivity contribution in [3.63, 3.8) is 0 Å². The zero-order valence-electron chi connectivity index (χ0n) is 15.0. The van der Waals surface area contributed by atoms with Crippen LogP contribution in [0.25, 0.3) is 5.76 Å². The number of allylic oxidation sites excluding steroid dienone is 1. The van der Waals surface area contributed by atoms with Gasteiger partial charge in [0.2, 0.25) is 0 Å². The number of benzene rings is 2. The molecule has 0 radical (unpaired) electrons. The minimum absolute atomic E-state index is 0.149. The van der Waals surface area contributed by atoms with Crippen LogP contribution in [0.5, 0.6) is 0 Å². The zero-order valence-corrected chi connectivity index (χ0v) is 16.7. The predicted octanol–water partition coefficient (Wildman–Crippen LogP) is 3.49. The van der Waals surface area contributed by atoms with E-state index >= 15 is 0 Å². The Balaban J connectivity index is 1.73. The van der Waals surface area contributed by atoms with Gasteiger partial charge in [0.05, 0.1) is 0 Å². The third-order valence-electron chi connectivity index (χ3n) is 5.00. The molecule has 4 rings (SSSR count). The van der Waals surface area contributed by atoms with E-state index in [2.05, 4.69) is 45.0 Å². The first-order valence-corrected chi connectivity index (χ1v) is 10.6. The Morgan fingerprint density at radius 3 is 2.31 bits per heavy atom. The molecule has 1 unspecified atom stereocenters. The van der Waals surface area contributed by atoms with Crippen LogP contribution in [0.15, 0.2) is 54.1 Å². The molecular weight excluding hydrogens is 391 g/mol. The van der Waals surface area contributed by atoms with Crippen LogP contribution < -0.4 is 4.46 Å². The number of fused-ring (bicyclic) bond motifs is 2. The van der Waals surface area contributed by atoms with Crippen LogP contribution >= 0.6 is 0 Å². The monoisotopic (exact) mass is 412 g/mol. The van der Waals surface area contributed by atoms with E-state index in [0.717, 1.165) is 5.56 Å². The van der Waals surface area contributed by atoms with Crippen LogP contribution in [-0.4, -0.2) is 32.1 Å². The molecule has 0 saturated carbocycles. The van der Waals surface area contributed by atoms with Crippen LogP contribution in [0.2, 0.25) is 4.82 Å². The number of carbonyl (C=O) groups is 2. The number of hydrogen-bond donors (Lipinski definition) is 0. The van der Waals surface area contributed by atoms with Gasteiger partial charge in [-0.2, -0.15) is 0 Å². The molecule has 1 heterocycles. The molecule has 0 aromatic heterocycles. The second kappa shape index (κ2) is 6.22. The molecule has 0 spiro atoms. The Hall–Kier alpha value is -2.16. The van der Waals surface area contributed by atoms with Crippen molar-refractivity contribution in [2.75, 3.05) is 0 Å². The number of rotatable bonds is 2. The van der Waals surface area contributed by atoms with Gasteiger partial charge in [-0.25, -0.2) is 0 Å². The van der Waals surface area contributed by atoms with Crippen molar-refractivity contribution in [1.82, 2.24) is 0 Å². The number of hydrogen-bond acceptors (Lipinski definition) is 3. The van der Waals surface area contributed by atoms with Gasteiger partial charge in [-0.05, 0) is 0 Å². The van der Waals surface area contributed by atoms with Gasteiger partial charge < -0.3 is 0 Å². The maximum absolute atomic E-state index is 12.7. The Morgan fingerprint density at radius 1 is 0.962 bits per heavy atom. The summed E-state index contributed by atoms with van der Waals surface area (Å²) in [6.07, 6.45) is 0.592. The van der Waals surface area contributed by atoms with Crippen LogP contribution in [0.4, 0.5) is 0 Å². The molecule has 2 aromatic carbocycles. The molecule has 0 amide bonds. The fourth-order valence-corrected chi connectivity index (χ4v) is 5.96. The second-order valence-corrected chi connectivity index (χ2v) is 10.0. The van der Waals surface area contributed by atoms with Gasteiger partial charge in [0, 0.05) is 0 Å². The quantitative estimate of drug-likeness (QED) is 0.561.